The van der Waals surface area contributed by atoms with Crippen LogP contribution in [0.4, 0.5) is 10.8 Å². The quantitative estimate of drug-likeness (QED) is 0.598. The van der Waals surface area contributed by atoms with Crippen LogP contribution >= 0.6 is 22.7 Å². The fraction of sp³-hybridized carbons (Fsp3) is 0.158. The molecule has 9 heteroatoms. The Morgan fingerprint density at radius 2 is 2.00 bits per heavy atom. The molecule has 0 saturated carbocycles. The van der Waals surface area contributed by atoms with E-state index in [9.17, 15) is 14.4 Å². The Bertz CT molecular complexity index is 1030. The second kappa shape index (κ2) is 7.91. The Morgan fingerprint density at radius 1 is 1.14 bits per heavy atom. The van der Waals surface area contributed by atoms with E-state index in [1.165, 1.54) is 11.3 Å². The molecule has 0 saturated heterocycles. The number of para-hydroxylation sites is 1. The molecule has 142 valence electrons. The zero-order valence-corrected chi connectivity index (χ0v) is 16.2. The molecule has 3 N–H and O–H groups in total. The third-order valence-corrected chi connectivity index (χ3v) is 5.89. The van der Waals surface area contributed by atoms with E-state index in [1.807, 2.05) is 22.9 Å². The zero-order valence-electron chi connectivity index (χ0n) is 14.6. The Hall–Kier alpha value is -3.04. The second-order valence-corrected chi connectivity index (χ2v) is 7.97. The van der Waals surface area contributed by atoms with Gasteiger partial charge in [-0.1, -0.05) is 18.2 Å². The molecular weight excluding hydrogens is 396 g/mol. The van der Waals surface area contributed by atoms with Crippen LogP contribution in [0.25, 0.3) is 10.6 Å². The number of thiazole rings is 1. The predicted octanol–water partition coefficient (Wildman–Crippen LogP) is 3.34. The SMILES string of the molecule is O=C(CC[C@@H]1NC(=O)c2ccccc2NC1=O)Nc1nc(-c2cccs2)cs1. The molecule has 0 bridgehead atoms. The minimum absolute atomic E-state index is 0.0859. The monoisotopic (exact) mass is 412 g/mol. The predicted molar refractivity (Wildman–Crippen MR) is 110 cm³/mol. The van der Waals surface area contributed by atoms with Crippen molar-refractivity contribution in [2.45, 2.75) is 18.9 Å². The summed E-state index contributed by atoms with van der Waals surface area (Å²) in [6, 6.07) is 9.95. The van der Waals surface area contributed by atoms with Crippen molar-refractivity contribution >= 4 is 51.2 Å². The van der Waals surface area contributed by atoms with Gasteiger partial charge in [-0.15, -0.1) is 22.7 Å². The smallest absolute Gasteiger partial charge is 0.254 e. The van der Waals surface area contributed by atoms with Crippen LogP contribution in [0.3, 0.4) is 0 Å². The summed E-state index contributed by atoms with van der Waals surface area (Å²) in [6.45, 7) is 0. The summed E-state index contributed by atoms with van der Waals surface area (Å²) in [5.41, 5.74) is 1.70. The van der Waals surface area contributed by atoms with Crippen molar-refractivity contribution in [2.75, 3.05) is 10.6 Å². The molecular formula is C19H16N4O3S2. The maximum absolute atomic E-state index is 12.4. The molecule has 1 aromatic carbocycles. The highest BCUT2D eigenvalue weighted by atomic mass is 32.1. The highest BCUT2D eigenvalue weighted by Gasteiger charge is 2.27. The second-order valence-electron chi connectivity index (χ2n) is 6.16. The van der Waals surface area contributed by atoms with Crippen molar-refractivity contribution < 1.29 is 14.4 Å². The molecule has 1 aliphatic rings. The minimum Gasteiger partial charge on any atom is -0.340 e. The summed E-state index contributed by atoms with van der Waals surface area (Å²) in [5.74, 6) is -0.920. The van der Waals surface area contributed by atoms with Crippen LogP contribution in [-0.2, 0) is 9.59 Å². The van der Waals surface area contributed by atoms with Gasteiger partial charge in [0.25, 0.3) is 5.91 Å². The molecule has 0 fully saturated rings. The molecule has 1 atom stereocenters. The average molecular weight is 412 g/mol. The molecule has 2 aromatic heterocycles. The Kier molecular flexibility index (Phi) is 5.18. The third kappa shape index (κ3) is 3.95. The van der Waals surface area contributed by atoms with Gasteiger partial charge in [0.1, 0.15) is 6.04 Å². The highest BCUT2D eigenvalue weighted by Crippen LogP contribution is 2.28. The Labute approximate surface area is 168 Å². The van der Waals surface area contributed by atoms with Crippen LogP contribution in [0.15, 0.2) is 47.2 Å². The zero-order chi connectivity index (χ0) is 19.5. The van der Waals surface area contributed by atoms with Gasteiger partial charge in [-0.25, -0.2) is 4.98 Å². The topological polar surface area (TPSA) is 100 Å². The summed E-state index contributed by atoms with van der Waals surface area (Å²) in [5, 5.41) is 12.5. The van der Waals surface area contributed by atoms with Gasteiger partial charge in [0.2, 0.25) is 11.8 Å². The molecule has 1 aliphatic heterocycles. The van der Waals surface area contributed by atoms with Crippen LogP contribution in [-0.4, -0.2) is 28.7 Å². The maximum Gasteiger partial charge on any atom is 0.254 e. The number of anilines is 2. The molecule has 0 aliphatic carbocycles. The van der Waals surface area contributed by atoms with Crippen molar-refractivity contribution in [1.82, 2.24) is 10.3 Å². The number of hydrogen-bond donors (Lipinski definition) is 3. The van der Waals surface area contributed by atoms with E-state index >= 15 is 0 Å². The first-order valence-corrected chi connectivity index (χ1v) is 10.4. The van der Waals surface area contributed by atoms with E-state index in [4.69, 9.17) is 0 Å². The minimum atomic E-state index is -0.774. The van der Waals surface area contributed by atoms with Crippen molar-refractivity contribution in [2.24, 2.45) is 0 Å². The lowest BCUT2D eigenvalue weighted by molar-refractivity contribution is -0.118. The first-order chi connectivity index (χ1) is 13.6. The van der Waals surface area contributed by atoms with Crippen LogP contribution in [0.1, 0.15) is 23.2 Å². The van der Waals surface area contributed by atoms with E-state index < -0.39 is 6.04 Å². The van der Waals surface area contributed by atoms with Crippen molar-refractivity contribution in [3.8, 4) is 10.6 Å². The summed E-state index contributed by atoms with van der Waals surface area (Å²) >= 11 is 2.93. The first-order valence-electron chi connectivity index (χ1n) is 8.60. The van der Waals surface area contributed by atoms with Gasteiger partial charge in [0.05, 0.1) is 21.8 Å². The number of nitrogens with one attached hydrogen (secondary N) is 3. The van der Waals surface area contributed by atoms with Gasteiger partial charge >= 0.3 is 0 Å². The van der Waals surface area contributed by atoms with Gasteiger partial charge in [0, 0.05) is 11.8 Å². The van der Waals surface area contributed by atoms with Crippen LogP contribution in [0.2, 0.25) is 0 Å². The molecule has 0 unspecified atom stereocenters. The fourth-order valence-electron chi connectivity index (χ4n) is 2.84. The van der Waals surface area contributed by atoms with E-state index in [0.717, 1.165) is 10.6 Å². The van der Waals surface area contributed by atoms with Gasteiger partial charge in [0.15, 0.2) is 5.13 Å². The summed E-state index contributed by atoms with van der Waals surface area (Å²) in [6.07, 6.45) is 0.281. The fourth-order valence-corrected chi connectivity index (χ4v) is 4.33. The van der Waals surface area contributed by atoms with E-state index in [-0.39, 0.29) is 30.6 Å². The summed E-state index contributed by atoms with van der Waals surface area (Å²) < 4.78 is 0. The van der Waals surface area contributed by atoms with Crippen molar-refractivity contribution in [3.05, 3.63) is 52.7 Å². The van der Waals surface area contributed by atoms with E-state index in [0.29, 0.717) is 16.4 Å². The van der Waals surface area contributed by atoms with E-state index in [1.54, 1.807) is 35.6 Å². The van der Waals surface area contributed by atoms with Gasteiger partial charge in [-0.05, 0) is 30.0 Å². The number of carbonyl (C=O) groups is 3. The molecule has 7 nitrogen and oxygen atoms in total. The lowest BCUT2D eigenvalue weighted by atomic mass is 10.1. The molecule has 0 spiro atoms. The number of aromatic nitrogens is 1. The number of hydrogen-bond acceptors (Lipinski definition) is 6. The third-order valence-electron chi connectivity index (χ3n) is 4.24. The largest absolute Gasteiger partial charge is 0.340 e. The normalized spacial score (nSPS) is 15.9. The van der Waals surface area contributed by atoms with Gasteiger partial charge < -0.3 is 16.0 Å². The Morgan fingerprint density at radius 3 is 2.82 bits per heavy atom. The first kappa shape index (κ1) is 18.3. The number of thiophene rings is 1. The Balaban J connectivity index is 1.35. The number of amides is 3. The number of benzene rings is 1. The lowest BCUT2D eigenvalue weighted by Crippen LogP contribution is -2.41. The maximum atomic E-state index is 12.4. The molecule has 4 rings (SSSR count). The summed E-state index contributed by atoms with van der Waals surface area (Å²) in [7, 11) is 0. The molecule has 3 amide bonds. The van der Waals surface area contributed by atoms with E-state index in [2.05, 4.69) is 20.9 Å². The molecule has 28 heavy (non-hydrogen) atoms. The molecule has 3 heterocycles. The standard InChI is InChI=1S/C19H16N4O3S2/c24-16(23-19-22-14(10-28-19)15-6-3-9-27-15)8-7-13-18(26)20-12-5-2-1-4-11(12)17(25)21-13/h1-6,9-10,13H,7-8H2,(H,20,26)(H,21,25)(H,22,23,24)/t13-/m0/s1. The number of rotatable bonds is 5. The highest BCUT2D eigenvalue weighted by molar-refractivity contribution is 7.16. The summed E-state index contributed by atoms with van der Waals surface area (Å²) in [4.78, 5) is 42.4. The number of carbonyl (C=O) groups excluding carboxylic acids is 3. The number of fused-ring (bicyclic) bond motifs is 1. The molecule has 0 radical (unpaired) electrons. The van der Waals surface area contributed by atoms with Crippen LogP contribution in [0, 0.1) is 0 Å². The number of nitrogens with zero attached hydrogens (tertiary/aromatic N) is 1. The molecule has 3 aromatic rings. The van der Waals surface area contributed by atoms with Crippen LogP contribution in [0.5, 0.6) is 0 Å². The van der Waals surface area contributed by atoms with Gasteiger partial charge in [-0.3, -0.25) is 14.4 Å². The van der Waals surface area contributed by atoms with Crippen molar-refractivity contribution in [1.29, 1.82) is 0 Å². The van der Waals surface area contributed by atoms with Crippen molar-refractivity contribution in [3.63, 3.8) is 0 Å². The lowest BCUT2D eigenvalue weighted by Gasteiger charge is -2.13. The van der Waals surface area contributed by atoms with Crippen LogP contribution < -0.4 is 16.0 Å². The van der Waals surface area contributed by atoms with Gasteiger partial charge in [-0.2, -0.15) is 0 Å². The average Bonchev–Trinajstić information content (AvgIpc) is 3.34.